The van der Waals surface area contributed by atoms with Gasteiger partial charge in [-0.1, -0.05) is 46.5 Å². The van der Waals surface area contributed by atoms with Gasteiger partial charge in [0.05, 0.1) is 13.5 Å². The van der Waals surface area contributed by atoms with Gasteiger partial charge in [0.2, 0.25) is 0 Å². The quantitative estimate of drug-likeness (QED) is 0.338. The van der Waals surface area contributed by atoms with E-state index >= 15 is 0 Å². The molecule has 2 N–H and O–H groups in total. The molecule has 0 bridgehead atoms. The van der Waals surface area contributed by atoms with Crippen LogP contribution >= 0.6 is 0 Å². The van der Waals surface area contributed by atoms with E-state index < -0.39 is 0 Å². The van der Waals surface area contributed by atoms with Crippen molar-refractivity contribution in [2.45, 2.75) is 59.3 Å². The Morgan fingerprint density at radius 1 is 0.750 bits per heavy atom. The van der Waals surface area contributed by atoms with Gasteiger partial charge in [0.25, 0.3) is 0 Å². The van der Waals surface area contributed by atoms with Gasteiger partial charge >= 0.3 is 0 Å². The van der Waals surface area contributed by atoms with Gasteiger partial charge in [-0.15, -0.1) is 0 Å². The summed E-state index contributed by atoms with van der Waals surface area (Å²) in [6.07, 6.45) is 7.37. The van der Waals surface area contributed by atoms with Crippen LogP contribution in [0.5, 0.6) is 0 Å². The van der Waals surface area contributed by atoms with Crippen LogP contribution in [-0.2, 0) is 9.47 Å². The zero-order valence-electron chi connectivity index (χ0n) is 13.9. The van der Waals surface area contributed by atoms with E-state index in [-0.39, 0.29) is 0 Å². The molecule has 0 aliphatic rings. The summed E-state index contributed by atoms with van der Waals surface area (Å²) >= 11 is 0. The molecular formula is C16H36N2O2. The van der Waals surface area contributed by atoms with Crippen molar-refractivity contribution >= 4 is 0 Å². The highest BCUT2D eigenvalue weighted by molar-refractivity contribution is 4.57. The molecule has 0 aromatic carbocycles. The fourth-order valence-corrected chi connectivity index (χ4v) is 1.88. The molecule has 0 unspecified atom stereocenters. The zero-order valence-corrected chi connectivity index (χ0v) is 13.9. The molecule has 0 spiro atoms. The van der Waals surface area contributed by atoms with Crippen LogP contribution in [0, 0.1) is 5.92 Å². The normalized spacial score (nSPS) is 11.4. The molecule has 0 aromatic rings. The smallest absolute Gasteiger partial charge is 0.0965 e. The second kappa shape index (κ2) is 16.9. The summed E-state index contributed by atoms with van der Waals surface area (Å²) in [6, 6.07) is 0. The maximum absolute atomic E-state index is 5.51. The minimum Gasteiger partial charge on any atom is -0.366 e. The summed E-state index contributed by atoms with van der Waals surface area (Å²) in [5.74, 6) is 0.591. The van der Waals surface area contributed by atoms with Gasteiger partial charge in [-0.2, -0.15) is 0 Å². The third kappa shape index (κ3) is 15.9. The molecule has 4 nitrogen and oxygen atoms in total. The molecule has 0 amide bonds. The van der Waals surface area contributed by atoms with Crippen LogP contribution in [0.1, 0.15) is 59.3 Å². The summed E-state index contributed by atoms with van der Waals surface area (Å²) in [5, 5.41) is 6.66. The third-order valence-electron chi connectivity index (χ3n) is 3.18. The van der Waals surface area contributed by atoms with Crippen molar-refractivity contribution < 1.29 is 9.47 Å². The van der Waals surface area contributed by atoms with Crippen molar-refractivity contribution in [3.05, 3.63) is 0 Å². The van der Waals surface area contributed by atoms with E-state index in [0.29, 0.717) is 19.4 Å². The number of hydrogen-bond acceptors (Lipinski definition) is 4. The lowest BCUT2D eigenvalue weighted by Gasteiger charge is -2.14. The summed E-state index contributed by atoms with van der Waals surface area (Å²) in [6.45, 7) is 11.7. The van der Waals surface area contributed by atoms with E-state index in [4.69, 9.17) is 9.47 Å². The van der Waals surface area contributed by atoms with E-state index in [1.165, 1.54) is 38.5 Å². The monoisotopic (exact) mass is 288 g/mol. The molecule has 0 aromatic heterocycles. The Morgan fingerprint density at radius 3 is 1.60 bits per heavy atom. The van der Waals surface area contributed by atoms with Gasteiger partial charge in [-0.25, -0.2) is 0 Å². The van der Waals surface area contributed by atoms with E-state index in [0.717, 1.165) is 26.3 Å². The molecule has 0 aliphatic carbocycles. The van der Waals surface area contributed by atoms with Crippen molar-refractivity contribution in [2.75, 3.05) is 39.8 Å². The van der Waals surface area contributed by atoms with Crippen LogP contribution in [-0.4, -0.2) is 39.8 Å². The van der Waals surface area contributed by atoms with Gasteiger partial charge in [-0.05, 0) is 18.8 Å². The van der Waals surface area contributed by atoms with Gasteiger partial charge < -0.3 is 9.47 Å². The second-order valence-electron chi connectivity index (χ2n) is 5.53. The molecule has 4 heteroatoms. The molecule has 122 valence electrons. The molecule has 0 fully saturated rings. The lowest BCUT2D eigenvalue weighted by Crippen LogP contribution is -2.32. The summed E-state index contributed by atoms with van der Waals surface area (Å²) in [4.78, 5) is 0. The van der Waals surface area contributed by atoms with Crippen LogP contribution in [0.15, 0.2) is 0 Å². The molecule has 0 radical (unpaired) electrons. The first-order chi connectivity index (χ1) is 9.81. The van der Waals surface area contributed by atoms with E-state index in [1.807, 2.05) is 0 Å². The van der Waals surface area contributed by atoms with Gasteiger partial charge in [0.15, 0.2) is 0 Å². The van der Waals surface area contributed by atoms with Crippen molar-refractivity contribution in [3.63, 3.8) is 0 Å². The lowest BCUT2D eigenvalue weighted by molar-refractivity contribution is 0.103. The minimum atomic E-state index is 0.591. The van der Waals surface area contributed by atoms with Crippen LogP contribution < -0.4 is 10.6 Å². The van der Waals surface area contributed by atoms with Crippen LogP contribution in [0.25, 0.3) is 0 Å². The number of hydrogen-bond donors (Lipinski definition) is 2. The SMILES string of the molecule is CCCCCOCNCC(C)CNCOCCCCC. The third-order valence-corrected chi connectivity index (χ3v) is 3.18. The van der Waals surface area contributed by atoms with Crippen molar-refractivity contribution in [1.29, 1.82) is 0 Å². The Labute approximate surface area is 126 Å². The van der Waals surface area contributed by atoms with Crippen molar-refractivity contribution in [3.8, 4) is 0 Å². The molecule has 0 heterocycles. The molecule has 0 saturated heterocycles. The maximum atomic E-state index is 5.51. The topological polar surface area (TPSA) is 42.5 Å². The summed E-state index contributed by atoms with van der Waals surface area (Å²) in [5.41, 5.74) is 0. The van der Waals surface area contributed by atoms with Crippen LogP contribution in [0.2, 0.25) is 0 Å². The van der Waals surface area contributed by atoms with Crippen molar-refractivity contribution in [2.24, 2.45) is 5.92 Å². The number of nitrogens with one attached hydrogen (secondary N) is 2. The summed E-state index contributed by atoms with van der Waals surface area (Å²) < 4.78 is 11.0. The Balaban J connectivity index is 3.11. The first kappa shape index (κ1) is 19.8. The molecule has 0 rings (SSSR count). The highest BCUT2D eigenvalue weighted by Crippen LogP contribution is 1.95. The largest absolute Gasteiger partial charge is 0.366 e. The number of ether oxygens (including phenoxy) is 2. The fraction of sp³-hybridized carbons (Fsp3) is 1.00. The number of rotatable bonds is 16. The van der Waals surface area contributed by atoms with Crippen LogP contribution in [0.4, 0.5) is 0 Å². The first-order valence-corrected chi connectivity index (χ1v) is 8.38. The molecule has 0 aliphatic heterocycles. The maximum Gasteiger partial charge on any atom is 0.0965 e. The van der Waals surface area contributed by atoms with Crippen molar-refractivity contribution in [1.82, 2.24) is 10.6 Å². The van der Waals surface area contributed by atoms with E-state index in [2.05, 4.69) is 31.4 Å². The van der Waals surface area contributed by atoms with E-state index in [9.17, 15) is 0 Å². The highest BCUT2D eigenvalue weighted by atomic mass is 16.5. The molecular weight excluding hydrogens is 252 g/mol. The minimum absolute atomic E-state index is 0.591. The second-order valence-corrected chi connectivity index (χ2v) is 5.53. The average Bonchev–Trinajstić information content (AvgIpc) is 2.45. The Hall–Kier alpha value is -0.160. The fourth-order valence-electron chi connectivity index (χ4n) is 1.88. The molecule has 0 saturated carbocycles. The standard InChI is InChI=1S/C16H36N2O2/c1-4-6-8-10-19-14-17-12-16(3)13-18-15-20-11-9-7-5-2/h16-18H,4-15H2,1-3H3. The van der Waals surface area contributed by atoms with Gasteiger partial charge in [0, 0.05) is 26.3 Å². The Kier molecular flexibility index (Phi) is 16.8. The predicted molar refractivity (Wildman–Crippen MR) is 85.9 cm³/mol. The van der Waals surface area contributed by atoms with Gasteiger partial charge in [-0.3, -0.25) is 10.6 Å². The Bertz CT molecular complexity index is 162. The highest BCUT2D eigenvalue weighted by Gasteiger charge is 2.00. The van der Waals surface area contributed by atoms with Gasteiger partial charge in [0.1, 0.15) is 0 Å². The molecule has 0 atom stereocenters. The summed E-state index contributed by atoms with van der Waals surface area (Å²) in [7, 11) is 0. The van der Waals surface area contributed by atoms with E-state index in [1.54, 1.807) is 0 Å². The molecule has 20 heavy (non-hydrogen) atoms. The van der Waals surface area contributed by atoms with Crippen LogP contribution in [0.3, 0.4) is 0 Å². The number of unbranched alkanes of at least 4 members (excludes halogenated alkanes) is 4. The lowest BCUT2D eigenvalue weighted by atomic mass is 10.2. The Morgan fingerprint density at radius 2 is 1.20 bits per heavy atom. The zero-order chi connectivity index (χ0) is 14.9. The predicted octanol–water partition coefficient (Wildman–Crippen LogP) is 3.13. The first-order valence-electron chi connectivity index (χ1n) is 8.38. The average molecular weight is 288 g/mol.